The Morgan fingerprint density at radius 2 is 1.88 bits per heavy atom. The Morgan fingerprint density at radius 1 is 1.24 bits per heavy atom. The van der Waals surface area contributed by atoms with Crippen LogP contribution in [-0.4, -0.2) is 65.7 Å². The van der Waals surface area contributed by atoms with Gasteiger partial charge < -0.3 is 9.80 Å². The lowest BCUT2D eigenvalue weighted by atomic mass is 10.2. The maximum absolute atomic E-state index is 11.2. The summed E-state index contributed by atoms with van der Waals surface area (Å²) in [5.74, 6) is 0.749. The minimum Gasteiger partial charge on any atom is -0.383 e. The SMILES string of the molecule is CN(C)/C=C/c1nc(N2CCN(OC(C)(C)C)CC2)ccc1[N+](=O)[O-]. The highest BCUT2D eigenvalue weighted by Gasteiger charge is 2.24. The van der Waals surface area contributed by atoms with Gasteiger partial charge in [-0.2, -0.15) is 5.06 Å². The van der Waals surface area contributed by atoms with Gasteiger partial charge in [0.05, 0.1) is 10.5 Å². The second-order valence-corrected chi connectivity index (χ2v) is 7.23. The van der Waals surface area contributed by atoms with Crippen molar-refractivity contribution in [2.75, 3.05) is 45.2 Å². The van der Waals surface area contributed by atoms with Crippen molar-refractivity contribution in [3.63, 3.8) is 0 Å². The number of anilines is 1. The Bertz CT molecular complexity index is 632. The molecule has 1 fully saturated rings. The highest BCUT2D eigenvalue weighted by Crippen LogP contribution is 2.24. The number of hydrogen-bond acceptors (Lipinski definition) is 7. The number of piperazine rings is 1. The zero-order valence-corrected chi connectivity index (χ0v) is 15.6. The van der Waals surface area contributed by atoms with Crippen LogP contribution in [0.4, 0.5) is 11.5 Å². The van der Waals surface area contributed by atoms with Crippen LogP contribution in [0.15, 0.2) is 18.3 Å². The highest BCUT2D eigenvalue weighted by molar-refractivity contribution is 5.60. The molecule has 0 amide bonds. The Balaban J connectivity index is 2.12. The van der Waals surface area contributed by atoms with Gasteiger partial charge in [0.15, 0.2) is 0 Å². The molecule has 0 aliphatic carbocycles. The fourth-order valence-electron chi connectivity index (χ4n) is 2.53. The molecule has 0 radical (unpaired) electrons. The fourth-order valence-corrected chi connectivity index (χ4v) is 2.53. The zero-order valence-electron chi connectivity index (χ0n) is 15.6. The first-order valence-corrected chi connectivity index (χ1v) is 8.35. The van der Waals surface area contributed by atoms with Crippen molar-refractivity contribution in [1.82, 2.24) is 14.9 Å². The van der Waals surface area contributed by atoms with Crippen molar-refractivity contribution in [3.05, 3.63) is 34.1 Å². The highest BCUT2D eigenvalue weighted by atomic mass is 16.7. The molecule has 25 heavy (non-hydrogen) atoms. The Labute approximate surface area is 148 Å². The summed E-state index contributed by atoms with van der Waals surface area (Å²) < 4.78 is 0. The number of hydroxylamine groups is 2. The molecule has 2 heterocycles. The molecule has 0 saturated carbocycles. The van der Waals surface area contributed by atoms with Crippen LogP contribution in [0.3, 0.4) is 0 Å². The first-order chi connectivity index (χ1) is 11.7. The molecule has 0 unspecified atom stereocenters. The van der Waals surface area contributed by atoms with E-state index in [-0.39, 0.29) is 11.3 Å². The number of pyridine rings is 1. The molecule has 1 saturated heterocycles. The molecule has 1 aliphatic rings. The summed E-state index contributed by atoms with van der Waals surface area (Å²) in [5, 5.41) is 13.2. The van der Waals surface area contributed by atoms with Crippen molar-refractivity contribution in [2.24, 2.45) is 0 Å². The third-order valence-electron chi connectivity index (χ3n) is 3.58. The third kappa shape index (κ3) is 5.68. The Hall–Kier alpha value is -2.19. The van der Waals surface area contributed by atoms with Gasteiger partial charge in [0, 0.05) is 52.5 Å². The second kappa shape index (κ2) is 7.79. The first-order valence-electron chi connectivity index (χ1n) is 8.35. The van der Waals surface area contributed by atoms with Crippen molar-refractivity contribution in [2.45, 2.75) is 26.4 Å². The fraction of sp³-hybridized carbons (Fsp3) is 0.588. The molecule has 8 heteroatoms. The van der Waals surface area contributed by atoms with Crippen LogP contribution in [0.1, 0.15) is 26.5 Å². The zero-order chi connectivity index (χ0) is 18.6. The minimum atomic E-state index is -0.402. The van der Waals surface area contributed by atoms with Gasteiger partial charge in [0.2, 0.25) is 0 Å². The van der Waals surface area contributed by atoms with Gasteiger partial charge in [-0.1, -0.05) is 0 Å². The number of nitro groups is 1. The molecule has 1 aromatic rings. The van der Waals surface area contributed by atoms with Gasteiger partial charge in [0.1, 0.15) is 11.5 Å². The predicted molar refractivity (Wildman–Crippen MR) is 98.2 cm³/mol. The van der Waals surface area contributed by atoms with E-state index in [4.69, 9.17) is 4.84 Å². The molecule has 8 nitrogen and oxygen atoms in total. The van der Waals surface area contributed by atoms with E-state index in [9.17, 15) is 10.1 Å². The summed E-state index contributed by atoms with van der Waals surface area (Å²) in [6.45, 7) is 9.13. The van der Waals surface area contributed by atoms with E-state index in [2.05, 4.69) is 9.88 Å². The number of aromatic nitrogens is 1. The van der Waals surface area contributed by atoms with E-state index >= 15 is 0 Å². The molecular weight excluding hydrogens is 322 g/mol. The Kier molecular flexibility index (Phi) is 5.97. The van der Waals surface area contributed by atoms with Crippen LogP contribution in [0, 0.1) is 10.1 Å². The largest absolute Gasteiger partial charge is 0.383 e. The molecule has 2 rings (SSSR count). The van der Waals surface area contributed by atoms with Crippen LogP contribution in [0.25, 0.3) is 6.08 Å². The van der Waals surface area contributed by atoms with Crippen LogP contribution in [0.5, 0.6) is 0 Å². The molecule has 0 bridgehead atoms. The van der Waals surface area contributed by atoms with E-state index in [1.807, 2.05) is 44.8 Å². The van der Waals surface area contributed by atoms with E-state index in [1.165, 1.54) is 6.07 Å². The van der Waals surface area contributed by atoms with Gasteiger partial charge in [-0.3, -0.25) is 15.0 Å². The van der Waals surface area contributed by atoms with Crippen LogP contribution in [0.2, 0.25) is 0 Å². The lowest BCUT2D eigenvalue weighted by Gasteiger charge is -2.37. The summed E-state index contributed by atoms with van der Waals surface area (Å²) in [6.07, 6.45) is 3.43. The van der Waals surface area contributed by atoms with Crippen molar-refractivity contribution >= 4 is 17.6 Å². The van der Waals surface area contributed by atoms with E-state index in [1.54, 1.807) is 18.3 Å². The monoisotopic (exact) mass is 349 g/mol. The summed E-state index contributed by atoms with van der Waals surface area (Å²) >= 11 is 0. The van der Waals surface area contributed by atoms with Gasteiger partial charge in [-0.05, 0) is 32.9 Å². The molecule has 138 valence electrons. The quantitative estimate of drug-likeness (QED) is 0.597. The van der Waals surface area contributed by atoms with E-state index in [0.29, 0.717) is 5.69 Å². The normalized spacial score (nSPS) is 16.4. The maximum atomic E-state index is 11.2. The standard InChI is InChI=1S/C17H27N5O3/c1-17(2,3)25-21-12-10-20(11-13-21)16-7-6-15(22(23)24)14(18-16)8-9-19(4)5/h6-9H,10-13H2,1-5H3/b9-8+. The van der Waals surface area contributed by atoms with Gasteiger partial charge in [-0.15, -0.1) is 0 Å². The van der Waals surface area contributed by atoms with Crippen LogP contribution >= 0.6 is 0 Å². The summed E-state index contributed by atoms with van der Waals surface area (Å²) in [4.78, 5) is 25.1. The average Bonchev–Trinajstić information content (AvgIpc) is 2.51. The third-order valence-corrected chi connectivity index (χ3v) is 3.58. The molecule has 1 aliphatic heterocycles. The number of nitrogens with zero attached hydrogens (tertiary/aromatic N) is 5. The van der Waals surface area contributed by atoms with Gasteiger partial charge >= 0.3 is 0 Å². The summed E-state index contributed by atoms with van der Waals surface area (Å²) in [7, 11) is 3.72. The van der Waals surface area contributed by atoms with Crippen LogP contribution < -0.4 is 4.90 Å². The molecule has 0 atom stereocenters. The minimum absolute atomic E-state index is 0.0107. The molecule has 1 aromatic heterocycles. The number of rotatable bonds is 5. The van der Waals surface area contributed by atoms with Crippen molar-refractivity contribution in [1.29, 1.82) is 0 Å². The lowest BCUT2D eigenvalue weighted by molar-refractivity contribution is -0.385. The molecule has 0 aromatic carbocycles. The predicted octanol–water partition coefficient (Wildman–Crippen LogP) is 2.37. The van der Waals surface area contributed by atoms with Crippen LogP contribution in [-0.2, 0) is 4.84 Å². The maximum Gasteiger partial charge on any atom is 0.295 e. The van der Waals surface area contributed by atoms with Gasteiger partial charge in [0.25, 0.3) is 5.69 Å². The molecule has 0 N–H and O–H groups in total. The number of hydrogen-bond donors (Lipinski definition) is 0. The molecular formula is C17H27N5O3. The first kappa shape index (κ1) is 19.1. The topological polar surface area (TPSA) is 75.0 Å². The average molecular weight is 349 g/mol. The lowest BCUT2D eigenvalue weighted by Crippen LogP contribution is -2.49. The Morgan fingerprint density at radius 3 is 2.40 bits per heavy atom. The summed E-state index contributed by atoms with van der Waals surface area (Å²) in [5.41, 5.74) is 0.166. The van der Waals surface area contributed by atoms with Crippen molar-refractivity contribution in [3.8, 4) is 0 Å². The van der Waals surface area contributed by atoms with Crippen molar-refractivity contribution < 1.29 is 9.76 Å². The van der Waals surface area contributed by atoms with E-state index < -0.39 is 4.92 Å². The smallest absolute Gasteiger partial charge is 0.295 e. The van der Waals surface area contributed by atoms with Gasteiger partial charge in [-0.25, -0.2) is 4.98 Å². The molecule has 0 spiro atoms. The second-order valence-electron chi connectivity index (χ2n) is 7.23. The van der Waals surface area contributed by atoms with E-state index in [0.717, 1.165) is 32.0 Å². The summed E-state index contributed by atoms with van der Waals surface area (Å²) in [6, 6.07) is 3.24.